The molecule has 0 heterocycles. The van der Waals surface area contributed by atoms with E-state index >= 15 is 0 Å². The van der Waals surface area contributed by atoms with E-state index in [0.29, 0.717) is 19.4 Å². The molecule has 0 aliphatic rings. The van der Waals surface area contributed by atoms with Crippen LogP contribution in [0.1, 0.15) is 40.0 Å². The molecule has 1 amide bonds. The number of amides is 1. The second kappa shape index (κ2) is 6.63. The van der Waals surface area contributed by atoms with Crippen LogP contribution in [0.15, 0.2) is 0 Å². The molecule has 76 valence electrons. The molecule has 13 heavy (non-hydrogen) atoms. The number of aldehydes is 1. The van der Waals surface area contributed by atoms with E-state index < -0.39 is 0 Å². The van der Waals surface area contributed by atoms with Crippen molar-refractivity contribution >= 4 is 12.2 Å². The summed E-state index contributed by atoms with van der Waals surface area (Å²) in [5, 5.41) is 0. The molecule has 1 atom stereocenters. The van der Waals surface area contributed by atoms with Gasteiger partial charge in [-0.2, -0.15) is 0 Å². The standard InChI is InChI=1S/C10H19NO2/c1-4-7-10(13)11(6-3)9(5-2)8-12/h8-9H,4-7H2,1-3H3. The van der Waals surface area contributed by atoms with Gasteiger partial charge in [-0.05, 0) is 19.8 Å². The minimum absolute atomic E-state index is 0.0870. The Morgan fingerprint density at radius 2 is 2.00 bits per heavy atom. The maximum absolute atomic E-state index is 11.5. The summed E-state index contributed by atoms with van der Waals surface area (Å²) < 4.78 is 0. The van der Waals surface area contributed by atoms with E-state index in [1.54, 1.807) is 4.90 Å². The average molecular weight is 185 g/mol. The summed E-state index contributed by atoms with van der Waals surface area (Å²) in [7, 11) is 0. The molecule has 0 aliphatic carbocycles. The Hall–Kier alpha value is -0.860. The first kappa shape index (κ1) is 12.1. The molecule has 0 radical (unpaired) electrons. The van der Waals surface area contributed by atoms with Crippen molar-refractivity contribution < 1.29 is 9.59 Å². The number of carbonyl (C=O) groups excluding carboxylic acids is 2. The van der Waals surface area contributed by atoms with Gasteiger partial charge in [-0.1, -0.05) is 13.8 Å². The van der Waals surface area contributed by atoms with Crippen LogP contribution >= 0.6 is 0 Å². The largest absolute Gasteiger partial charge is 0.333 e. The molecule has 0 fully saturated rings. The summed E-state index contributed by atoms with van der Waals surface area (Å²) in [6, 6.07) is -0.232. The molecule has 0 rings (SSSR count). The zero-order valence-electron chi connectivity index (χ0n) is 8.75. The van der Waals surface area contributed by atoms with Crippen LogP contribution in [-0.2, 0) is 9.59 Å². The van der Waals surface area contributed by atoms with Gasteiger partial charge in [0, 0.05) is 13.0 Å². The van der Waals surface area contributed by atoms with Crippen molar-refractivity contribution in [3.05, 3.63) is 0 Å². The summed E-state index contributed by atoms with van der Waals surface area (Å²) >= 11 is 0. The van der Waals surface area contributed by atoms with Gasteiger partial charge in [0.1, 0.15) is 6.29 Å². The van der Waals surface area contributed by atoms with E-state index in [1.165, 1.54) is 0 Å². The molecule has 1 unspecified atom stereocenters. The van der Waals surface area contributed by atoms with Gasteiger partial charge in [-0.25, -0.2) is 0 Å². The highest BCUT2D eigenvalue weighted by Gasteiger charge is 2.18. The molecule has 0 aromatic carbocycles. The van der Waals surface area contributed by atoms with Crippen LogP contribution in [-0.4, -0.2) is 29.7 Å². The molecule has 0 bridgehead atoms. The fourth-order valence-electron chi connectivity index (χ4n) is 1.34. The smallest absolute Gasteiger partial charge is 0.223 e. The number of rotatable bonds is 6. The first-order chi connectivity index (χ1) is 6.21. The topological polar surface area (TPSA) is 37.4 Å². The van der Waals surface area contributed by atoms with E-state index in [4.69, 9.17) is 0 Å². The third-order valence-electron chi connectivity index (χ3n) is 2.10. The van der Waals surface area contributed by atoms with Gasteiger partial charge in [0.15, 0.2) is 0 Å². The zero-order valence-corrected chi connectivity index (χ0v) is 8.75. The van der Waals surface area contributed by atoms with Gasteiger partial charge in [-0.15, -0.1) is 0 Å². The molecule has 0 aromatic rings. The Morgan fingerprint density at radius 1 is 1.38 bits per heavy atom. The van der Waals surface area contributed by atoms with Crippen molar-refractivity contribution in [2.24, 2.45) is 0 Å². The third-order valence-corrected chi connectivity index (χ3v) is 2.10. The van der Waals surface area contributed by atoms with E-state index in [0.717, 1.165) is 12.7 Å². The van der Waals surface area contributed by atoms with Gasteiger partial charge in [0.2, 0.25) is 5.91 Å². The highest BCUT2D eigenvalue weighted by atomic mass is 16.2. The molecule has 0 saturated carbocycles. The van der Waals surface area contributed by atoms with Gasteiger partial charge < -0.3 is 9.69 Å². The monoisotopic (exact) mass is 185 g/mol. The van der Waals surface area contributed by atoms with Crippen LogP contribution in [0, 0.1) is 0 Å². The lowest BCUT2D eigenvalue weighted by atomic mass is 10.2. The normalized spacial score (nSPS) is 12.2. The summed E-state index contributed by atoms with van der Waals surface area (Å²) in [6.07, 6.45) is 2.94. The highest BCUT2D eigenvalue weighted by Crippen LogP contribution is 2.05. The maximum Gasteiger partial charge on any atom is 0.223 e. The summed E-state index contributed by atoms with van der Waals surface area (Å²) in [4.78, 5) is 23.8. The number of hydrogen-bond donors (Lipinski definition) is 0. The Labute approximate surface area is 80.1 Å². The second-order valence-corrected chi connectivity index (χ2v) is 3.04. The lowest BCUT2D eigenvalue weighted by Gasteiger charge is -2.25. The number of likely N-dealkylation sites (N-methyl/N-ethyl adjacent to an activating group) is 1. The quantitative estimate of drug-likeness (QED) is 0.589. The van der Waals surface area contributed by atoms with Crippen LogP contribution in [0.2, 0.25) is 0 Å². The molecular weight excluding hydrogens is 166 g/mol. The predicted octanol–water partition coefficient (Wildman–Crippen LogP) is 1.61. The predicted molar refractivity (Wildman–Crippen MR) is 52.4 cm³/mol. The first-order valence-corrected chi connectivity index (χ1v) is 4.95. The Morgan fingerprint density at radius 3 is 2.31 bits per heavy atom. The maximum atomic E-state index is 11.5. The minimum Gasteiger partial charge on any atom is -0.333 e. The number of nitrogens with zero attached hydrogens (tertiary/aromatic N) is 1. The van der Waals surface area contributed by atoms with Crippen molar-refractivity contribution in [3.8, 4) is 0 Å². The van der Waals surface area contributed by atoms with Crippen LogP contribution in [0.25, 0.3) is 0 Å². The van der Waals surface area contributed by atoms with Crippen molar-refractivity contribution in [3.63, 3.8) is 0 Å². The number of hydrogen-bond acceptors (Lipinski definition) is 2. The van der Waals surface area contributed by atoms with Crippen LogP contribution in [0.4, 0.5) is 0 Å². The lowest BCUT2D eigenvalue weighted by Crippen LogP contribution is -2.40. The van der Waals surface area contributed by atoms with Gasteiger partial charge in [-0.3, -0.25) is 4.79 Å². The van der Waals surface area contributed by atoms with Crippen LogP contribution in [0.3, 0.4) is 0 Å². The van der Waals surface area contributed by atoms with Gasteiger partial charge in [0.25, 0.3) is 0 Å². The molecule has 0 aromatic heterocycles. The number of carbonyl (C=O) groups is 2. The molecule has 0 saturated heterocycles. The zero-order chi connectivity index (χ0) is 10.3. The Bertz CT molecular complexity index is 168. The highest BCUT2D eigenvalue weighted by molar-refractivity contribution is 5.79. The summed E-state index contributed by atoms with van der Waals surface area (Å²) in [5.74, 6) is 0.0870. The van der Waals surface area contributed by atoms with Crippen LogP contribution in [0.5, 0.6) is 0 Å². The van der Waals surface area contributed by atoms with Gasteiger partial charge >= 0.3 is 0 Å². The van der Waals surface area contributed by atoms with Crippen molar-refractivity contribution in [2.75, 3.05) is 6.54 Å². The minimum atomic E-state index is -0.232. The molecular formula is C10H19NO2. The third kappa shape index (κ3) is 3.57. The molecule has 3 heteroatoms. The first-order valence-electron chi connectivity index (χ1n) is 4.95. The van der Waals surface area contributed by atoms with Crippen molar-refractivity contribution in [1.82, 2.24) is 4.90 Å². The molecule has 0 N–H and O–H groups in total. The van der Waals surface area contributed by atoms with E-state index in [-0.39, 0.29) is 11.9 Å². The SMILES string of the molecule is CCCC(=O)N(CC)C(C=O)CC. The van der Waals surface area contributed by atoms with E-state index in [9.17, 15) is 9.59 Å². The molecule has 0 aliphatic heterocycles. The Balaban J connectivity index is 4.28. The summed E-state index contributed by atoms with van der Waals surface area (Å²) in [6.45, 7) is 6.41. The molecule has 0 spiro atoms. The van der Waals surface area contributed by atoms with Crippen molar-refractivity contribution in [1.29, 1.82) is 0 Å². The molecule has 3 nitrogen and oxygen atoms in total. The lowest BCUT2D eigenvalue weighted by molar-refractivity contribution is -0.136. The second-order valence-electron chi connectivity index (χ2n) is 3.04. The summed E-state index contributed by atoms with van der Waals surface area (Å²) in [5.41, 5.74) is 0. The average Bonchev–Trinajstić information content (AvgIpc) is 2.14. The van der Waals surface area contributed by atoms with E-state index in [1.807, 2.05) is 20.8 Å². The van der Waals surface area contributed by atoms with Crippen LogP contribution < -0.4 is 0 Å². The fraction of sp³-hybridized carbons (Fsp3) is 0.800. The van der Waals surface area contributed by atoms with Crippen molar-refractivity contribution in [2.45, 2.75) is 46.1 Å². The fourth-order valence-corrected chi connectivity index (χ4v) is 1.34. The van der Waals surface area contributed by atoms with Gasteiger partial charge in [0.05, 0.1) is 6.04 Å². The van der Waals surface area contributed by atoms with E-state index in [2.05, 4.69) is 0 Å². The Kier molecular flexibility index (Phi) is 6.20.